The number of nitrogens with one attached hydrogen (secondary N) is 1. The van der Waals surface area contributed by atoms with Gasteiger partial charge in [-0.2, -0.15) is 5.10 Å². The van der Waals surface area contributed by atoms with Crippen molar-refractivity contribution in [3.8, 4) is 18.1 Å². The van der Waals surface area contributed by atoms with Crippen LogP contribution in [0.1, 0.15) is 21.5 Å². The molecule has 0 saturated carbocycles. The van der Waals surface area contributed by atoms with Crippen molar-refractivity contribution in [1.82, 2.24) is 5.43 Å². The number of carbonyl (C=O) groups excluding carboxylic acids is 1. The summed E-state index contributed by atoms with van der Waals surface area (Å²) in [6, 6.07) is 10.0. The Morgan fingerprint density at radius 3 is 2.73 bits per heavy atom. The Kier molecular flexibility index (Phi) is 5.36. The van der Waals surface area contributed by atoms with E-state index in [9.17, 15) is 9.90 Å². The van der Waals surface area contributed by atoms with E-state index < -0.39 is 0 Å². The van der Waals surface area contributed by atoms with Crippen molar-refractivity contribution < 1.29 is 9.90 Å². The maximum absolute atomic E-state index is 12.0. The highest BCUT2D eigenvalue weighted by molar-refractivity contribution is 9.13. The van der Waals surface area contributed by atoms with Crippen LogP contribution < -0.4 is 5.43 Å². The molecule has 22 heavy (non-hydrogen) atoms. The summed E-state index contributed by atoms with van der Waals surface area (Å²) >= 11 is 6.66. The minimum atomic E-state index is -0.364. The molecule has 0 aliphatic heterocycles. The highest BCUT2D eigenvalue weighted by Crippen LogP contribution is 2.23. The molecule has 0 atom stereocenters. The van der Waals surface area contributed by atoms with Crippen molar-refractivity contribution >= 4 is 44.0 Å². The van der Waals surface area contributed by atoms with Crippen LogP contribution in [0, 0.1) is 12.3 Å². The minimum Gasteiger partial charge on any atom is -0.506 e. The molecule has 0 fully saturated rings. The largest absolute Gasteiger partial charge is 0.506 e. The van der Waals surface area contributed by atoms with E-state index in [1.54, 1.807) is 36.4 Å². The van der Waals surface area contributed by atoms with Crippen LogP contribution in [0.25, 0.3) is 0 Å². The number of hydrogen-bond acceptors (Lipinski definition) is 3. The Bertz CT molecular complexity index is 795. The molecule has 1 amide bonds. The molecule has 0 spiro atoms. The lowest BCUT2D eigenvalue weighted by molar-refractivity contribution is 0.0955. The summed E-state index contributed by atoms with van der Waals surface area (Å²) in [5.74, 6) is 1.95. The average Bonchev–Trinajstić information content (AvgIpc) is 2.51. The van der Waals surface area contributed by atoms with E-state index in [4.69, 9.17) is 6.42 Å². The van der Waals surface area contributed by atoms with Crippen molar-refractivity contribution in [2.24, 2.45) is 5.10 Å². The fourth-order valence-electron chi connectivity index (χ4n) is 1.64. The third-order valence-corrected chi connectivity index (χ3v) is 4.65. The van der Waals surface area contributed by atoms with Crippen molar-refractivity contribution in [3.05, 3.63) is 62.0 Å². The van der Waals surface area contributed by atoms with Gasteiger partial charge in [-0.05, 0) is 62.2 Å². The molecule has 6 heteroatoms. The molecule has 0 aliphatic carbocycles. The monoisotopic (exact) mass is 420 g/mol. The molecule has 0 saturated heterocycles. The molecule has 0 aromatic heterocycles. The van der Waals surface area contributed by atoms with Gasteiger partial charge in [-0.3, -0.25) is 4.79 Å². The number of carbonyl (C=O) groups is 1. The van der Waals surface area contributed by atoms with E-state index in [1.165, 1.54) is 6.21 Å². The Morgan fingerprint density at radius 2 is 2.05 bits per heavy atom. The number of hydrazone groups is 1. The minimum absolute atomic E-state index is 0.0469. The van der Waals surface area contributed by atoms with E-state index in [-0.39, 0.29) is 11.7 Å². The maximum atomic E-state index is 12.0. The summed E-state index contributed by atoms with van der Waals surface area (Å²) in [6.45, 7) is 0. The molecule has 2 aromatic rings. The fraction of sp³-hybridized carbons (Fsp3) is 0. The van der Waals surface area contributed by atoms with Crippen molar-refractivity contribution in [3.63, 3.8) is 0 Å². The van der Waals surface area contributed by atoms with Crippen LogP contribution in [0.2, 0.25) is 0 Å². The molecule has 2 aromatic carbocycles. The van der Waals surface area contributed by atoms with Crippen LogP contribution >= 0.6 is 31.9 Å². The summed E-state index contributed by atoms with van der Waals surface area (Å²) in [5, 5.41) is 13.7. The van der Waals surface area contributed by atoms with Gasteiger partial charge >= 0.3 is 0 Å². The second kappa shape index (κ2) is 7.25. The first-order valence-electron chi connectivity index (χ1n) is 6.10. The van der Waals surface area contributed by atoms with E-state index in [0.29, 0.717) is 16.7 Å². The molecule has 0 bridgehead atoms. The lowest BCUT2D eigenvalue weighted by Gasteiger charge is -2.03. The zero-order valence-corrected chi connectivity index (χ0v) is 14.3. The first-order chi connectivity index (χ1) is 10.5. The van der Waals surface area contributed by atoms with Gasteiger partial charge in [-0.1, -0.05) is 12.0 Å². The number of phenolic OH excluding ortho intramolecular Hbond substituents is 1. The van der Waals surface area contributed by atoms with Gasteiger partial charge in [-0.15, -0.1) is 6.42 Å². The summed E-state index contributed by atoms with van der Waals surface area (Å²) in [7, 11) is 0. The van der Waals surface area contributed by atoms with Gasteiger partial charge in [0.25, 0.3) is 5.91 Å². The van der Waals surface area contributed by atoms with Crippen LogP contribution in [0.15, 0.2) is 50.4 Å². The predicted molar refractivity (Wildman–Crippen MR) is 92.9 cm³/mol. The van der Waals surface area contributed by atoms with Gasteiger partial charge in [-0.25, -0.2) is 5.43 Å². The molecular weight excluding hydrogens is 412 g/mol. The molecule has 0 radical (unpaired) electrons. The summed E-state index contributed by atoms with van der Waals surface area (Å²) in [6.07, 6.45) is 6.60. The Balaban J connectivity index is 2.11. The number of para-hydroxylation sites is 1. The van der Waals surface area contributed by atoms with Gasteiger partial charge in [0.05, 0.1) is 11.8 Å². The third kappa shape index (κ3) is 3.75. The van der Waals surface area contributed by atoms with Gasteiger partial charge in [0.1, 0.15) is 5.75 Å². The quantitative estimate of drug-likeness (QED) is 0.451. The van der Waals surface area contributed by atoms with E-state index in [0.717, 1.165) is 8.95 Å². The number of nitrogens with zero attached hydrogens (tertiary/aromatic N) is 1. The van der Waals surface area contributed by atoms with Gasteiger partial charge < -0.3 is 5.11 Å². The number of terminal acetylenes is 1. The molecule has 2 rings (SSSR count). The predicted octanol–water partition coefficient (Wildman–Crippen LogP) is 3.66. The molecule has 2 N–H and O–H groups in total. The van der Waals surface area contributed by atoms with Crippen LogP contribution in [-0.2, 0) is 0 Å². The Hall–Kier alpha value is -2.10. The molecule has 0 aliphatic rings. The zero-order chi connectivity index (χ0) is 16.1. The van der Waals surface area contributed by atoms with Crippen molar-refractivity contribution in [2.75, 3.05) is 0 Å². The van der Waals surface area contributed by atoms with E-state index in [1.807, 2.05) is 0 Å². The molecule has 4 nitrogen and oxygen atoms in total. The fourth-order valence-corrected chi connectivity index (χ4v) is 2.27. The highest BCUT2D eigenvalue weighted by Gasteiger charge is 2.07. The first-order valence-corrected chi connectivity index (χ1v) is 7.68. The molecule has 110 valence electrons. The summed E-state index contributed by atoms with van der Waals surface area (Å²) in [4.78, 5) is 12.0. The van der Waals surface area contributed by atoms with Gasteiger partial charge in [0, 0.05) is 20.1 Å². The maximum Gasteiger partial charge on any atom is 0.271 e. The molecule has 0 unspecified atom stereocenters. The van der Waals surface area contributed by atoms with E-state index in [2.05, 4.69) is 48.3 Å². The van der Waals surface area contributed by atoms with E-state index >= 15 is 0 Å². The number of halogens is 2. The van der Waals surface area contributed by atoms with Crippen molar-refractivity contribution in [2.45, 2.75) is 0 Å². The topological polar surface area (TPSA) is 61.7 Å². The number of amides is 1. The second-order valence-corrected chi connectivity index (χ2v) is 5.92. The highest BCUT2D eigenvalue weighted by atomic mass is 79.9. The zero-order valence-electron chi connectivity index (χ0n) is 11.2. The smallest absolute Gasteiger partial charge is 0.271 e. The normalized spacial score (nSPS) is 10.4. The first kappa shape index (κ1) is 16.3. The average molecular weight is 422 g/mol. The van der Waals surface area contributed by atoms with Crippen LogP contribution in [0.5, 0.6) is 5.75 Å². The Labute approximate surface area is 144 Å². The third-order valence-electron chi connectivity index (χ3n) is 2.77. The SMILES string of the molecule is C#Cc1cccc(/C=N/NC(=O)c2ccc(Br)c(Br)c2)c1O. The van der Waals surface area contributed by atoms with Gasteiger partial charge in [0.15, 0.2) is 0 Å². The van der Waals surface area contributed by atoms with Crippen LogP contribution in [0.3, 0.4) is 0 Å². The number of rotatable bonds is 3. The summed E-state index contributed by atoms with van der Waals surface area (Å²) in [5.41, 5.74) is 3.63. The van der Waals surface area contributed by atoms with Gasteiger partial charge in [0.2, 0.25) is 0 Å². The number of hydrogen-bond donors (Lipinski definition) is 2. The summed E-state index contributed by atoms with van der Waals surface area (Å²) < 4.78 is 1.62. The van der Waals surface area contributed by atoms with Crippen LogP contribution in [-0.4, -0.2) is 17.2 Å². The lowest BCUT2D eigenvalue weighted by atomic mass is 10.1. The molecule has 0 heterocycles. The standard InChI is InChI=1S/C16H10Br2N2O2/c1-2-10-4-3-5-12(15(10)21)9-19-20-16(22)11-6-7-13(17)14(18)8-11/h1,3-9,21H,(H,20,22)/b19-9+. The Morgan fingerprint density at radius 1 is 1.27 bits per heavy atom. The lowest BCUT2D eigenvalue weighted by Crippen LogP contribution is -2.17. The molecular formula is C16H10Br2N2O2. The van der Waals surface area contributed by atoms with Crippen LogP contribution in [0.4, 0.5) is 0 Å². The van der Waals surface area contributed by atoms with Crippen molar-refractivity contribution in [1.29, 1.82) is 0 Å². The number of benzene rings is 2. The number of aromatic hydroxyl groups is 1. The second-order valence-electron chi connectivity index (χ2n) is 4.22. The number of phenols is 1.